The number of amides is 1. The van der Waals surface area contributed by atoms with Gasteiger partial charge in [-0.25, -0.2) is 9.78 Å². The highest BCUT2D eigenvalue weighted by Crippen LogP contribution is 2.21. The van der Waals surface area contributed by atoms with Gasteiger partial charge >= 0.3 is 6.09 Å². The standard InChI is InChI=1S/C13H17N3O4/c1-13(2,3)20-12(17)16-7-10(8-16)19-9-4-5-11(15-18)14-6-9/h4-6,10H,7-8H2,1-3H3. The Labute approximate surface area is 116 Å². The van der Waals surface area contributed by atoms with E-state index in [0.717, 1.165) is 0 Å². The minimum atomic E-state index is -0.495. The molecule has 20 heavy (non-hydrogen) atoms. The fourth-order valence-corrected chi connectivity index (χ4v) is 1.68. The second kappa shape index (κ2) is 5.44. The predicted molar refractivity (Wildman–Crippen MR) is 71.9 cm³/mol. The smallest absolute Gasteiger partial charge is 0.410 e. The number of nitroso groups, excluding NO2 is 1. The Morgan fingerprint density at radius 1 is 1.40 bits per heavy atom. The molecule has 0 spiro atoms. The lowest BCUT2D eigenvalue weighted by molar-refractivity contribution is -0.0222. The van der Waals surface area contributed by atoms with Gasteiger partial charge in [0.05, 0.1) is 19.3 Å². The summed E-state index contributed by atoms with van der Waals surface area (Å²) in [5.74, 6) is 0.660. The number of ether oxygens (including phenoxy) is 2. The van der Waals surface area contributed by atoms with Gasteiger partial charge in [-0.15, -0.1) is 4.91 Å². The molecule has 0 N–H and O–H groups in total. The number of carbonyl (C=O) groups is 1. The lowest BCUT2D eigenvalue weighted by atomic mass is 10.1. The second-order valence-corrected chi connectivity index (χ2v) is 5.57. The highest BCUT2D eigenvalue weighted by atomic mass is 16.6. The van der Waals surface area contributed by atoms with Crippen molar-refractivity contribution in [2.24, 2.45) is 5.18 Å². The molecule has 0 unspecified atom stereocenters. The Balaban J connectivity index is 1.78. The maximum atomic E-state index is 11.7. The van der Waals surface area contributed by atoms with Gasteiger partial charge in [-0.3, -0.25) is 0 Å². The van der Waals surface area contributed by atoms with E-state index < -0.39 is 5.60 Å². The molecular formula is C13H17N3O4. The predicted octanol–water partition coefficient (Wildman–Crippen LogP) is 2.48. The van der Waals surface area contributed by atoms with E-state index in [4.69, 9.17) is 9.47 Å². The molecule has 1 fully saturated rings. The number of hydrogen-bond donors (Lipinski definition) is 0. The molecule has 1 saturated heterocycles. The molecule has 1 amide bonds. The van der Waals surface area contributed by atoms with Crippen LogP contribution in [-0.2, 0) is 4.74 Å². The fourth-order valence-electron chi connectivity index (χ4n) is 1.68. The zero-order valence-electron chi connectivity index (χ0n) is 11.7. The van der Waals surface area contributed by atoms with E-state index in [1.54, 1.807) is 11.0 Å². The van der Waals surface area contributed by atoms with E-state index in [-0.39, 0.29) is 18.0 Å². The number of rotatable bonds is 3. The molecule has 0 aliphatic carbocycles. The third kappa shape index (κ3) is 3.66. The van der Waals surface area contributed by atoms with E-state index in [0.29, 0.717) is 18.8 Å². The number of hydrogen-bond acceptors (Lipinski definition) is 6. The highest BCUT2D eigenvalue weighted by Gasteiger charge is 2.35. The van der Waals surface area contributed by atoms with Crippen molar-refractivity contribution >= 4 is 11.9 Å². The Kier molecular flexibility index (Phi) is 3.87. The van der Waals surface area contributed by atoms with Crippen LogP contribution in [0.4, 0.5) is 10.6 Å². The molecule has 0 bridgehead atoms. The average molecular weight is 279 g/mol. The Morgan fingerprint density at radius 3 is 2.60 bits per heavy atom. The number of aromatic nitrogens is 1. The first-order valence-corrected chi connectivity index (χ1v) is 6.31. The van der Waals surface area contributed by atoms with Crippen molar-refractivity contribution in [1.29, 1.82) is 0 Å². The van der Waals surface area contributed by atoms with Crippen molar-refractivity contribution in [2.75, 3.05) is 13.1 Å². The van der Waals surface area contributed by atoms with Crippen molar-refractivity contribution in [3.05, 3.63) is 23.2 Å². The molecule has 0 radical (unpaired) electrons. The molecule has 0 atom stereocenters. The molecule has 7 nitrogen and oxygen atoms in total. The summed E-state index contributed by atoms with van der Waals surface area (Å²) >= 11 is 0. The second-order valence-electron chi connectivity index (χ2n) is 5.57. The van der Waals surface area contributed by atoms with Crippen molar-refractivity contribution in [1.82, 2.24) is 9.88 Å². The van der Waals surface area contributed by atoms with Gasteiger partial charge in [-0.2, -0.15) is 0 Å². The van der Waals surface area contributed by atoms with Crippen molar-refractivity contribution in [2.45, 2.75) is 32.5 Å². The molecular weight excluding hydrogens is 262 g/mol. The molecule has 2 rings (SSSR count). The topological polar surface area (TPSA) is 81.1 Å². The number of nitrogens with zero attached hydrogens (tertiary/aromatic N) is 3. The van der Waals surface area contributed by atoms with Gasteiger partial charge in [0, 0.05) is 0 Å². The van der Waals surface area contributed by atoms with Gasteiger partial charge < -0.3 is 14.4 Å². The van der Waals surface area contributed by atoms with E-state index in [2.05, 4.69) is 10.2 Å². The Bertz CT molecular complexity index is 489. The van der Waals surface area contributed by atoms with Crippen LogP contribution in [0.3, 0.4) is 0 Å². The summed E-state index contributed by atoms with van der Waals surface area (Å²) in [6, 6.07) is 3.10. The first kappa shape index (κ1) is 14.2. The zero-order valence-corrected chi connectivity index (χ0v) is 11.7. The first-order valence-electron chi connectivity index (χ1n) is 6.31. The molecule has 108 valence electrons. The maximum absolute atomic E-state index is 11.7. The summed E-state index contributed by atoms with van der Waals surface area (Å²) in [4.78, 5) is 27.3. The van der Waals surface area contributed by atoms with Crippen LogP contribution in [0.15, 0.2) is 23.5 Å². The Hall–Kier alpha value is -2.18. The van der Waals surface area contributed by atoms with Crippen LogP contribution in [0.1, 0.15) is 20.8 Å². The molecule has 0 saturated carbocycles. The van der Waals surface area contributed by atoms with Gasteiger partial charge in [0.15, 0.2) is 5.82 Å². The van der Waals surface area contributed by atoms with Crippen LogP contribution in [0.25, 0.3) is 0 Å². The minimum absolute atomic E-state index is 0.0839. The SMILES string of the molecule is CC(C)(C)OC(=O)N1CC(Oc2ccc(N=O)nc2)C1. The van der Waals surface area contributed by atoms with Crippen molar-refractivity contribution < 1.29 is 14.3 Å². The number of carbonyl (C=O) groups excluding carboxylic acids is 1. The third-order valence-corrected chi connectivity index (χ3v) is 2.62. The summed E-state index contributed by atoms with van der Waals surface area (Å²) in [7, 11) is 0. The van der Waals surface area contributed by atoms with Crippen LogP contribution in [-0.4, -0.2) is 40.8 Å². The van der Waals surface area contributed by atoms with Crippen LogP contribution in [0.2, 0.25) is 0 Å². The molecule has 0 aromatic carbocycles. The maximum Gasteiger partial charge on any atom is 0.410 e. The summed E-state index contributed by atoms with van der Waals surface area (Å²) < 4.78 is 10.8. The lowest BCUT2D eigenvalue weighted by Gasteiger charge is -2.39. The van der Waals surface area contributed by atoms with Crippen LogP contribution >= 0.6 is 0 Å². The quantitative estimate of drug-likeness (QED) is 0.794. The van der Waals surface area contributed by atoms with Gasteiger partial charge in [0.25, 0.3) is 0 Å². The molecule has 7 heteroatoms. The molecule has 1 aliphatic rings. The van der Waals surface area contributed by atoms with Gasteiger partial charge in [-0.05, 0) is 38.1 Å². The largest absolute Gasteiger partial charge is 0.485 e. The summed E-state index contributed by atoms with van der Waals surface area (Å²) in [6.07, 6.45) is 1.02. The normalized spacial score (nSPS) is 15.4. The molecule has 2 heterocycles. The number of likely N-dealkylation sites (tertiary alicyclic amines) is 1. The van der Waals surface area contributed by atoms with Crippen LogP contribution in [0.5, 0.6) is 5.75 Å². The monoisotopic (exact) mass is 279 g/mol. The van der Waals surface area contributed by atoms with E-state index in [9.17, 15) is 9.70 Å². The number of pyridine rings is 1. The van der Waals surface area contributed by atoms with Crippen molar-refractivity contribution in [3.63, 3.8) is 0 Å². The molecule has 1 aromatic heterocycles. The van der Waals surface area contributed by atoms with Gasteiger partial charge in [0.1, 0.15) is 17.5 Å². The third-order valence-electron chi connectivity index (χ3n) is 2.62. The summed E-state index contributed by atoms with van der Waals surface area (Å²) in [5.41, 5.74) is -0.495. The summed E-state index contributed by atoms with van der Waals surface area (Å²) in [6.45, 7) is 6.43. The van der Waals surface area contributed by atoms with Crippen LogP contribution < -0.4 is 4.74 Å². The van der Waals surface area contributed by atoms with Crippen molar-refractivity contribution in [3.8, 4) is 5.75 Å². The minimum Gasteiger partial charge on any atom is -0.485 e. The van der Waals surface area contributed by atoms with E-state index >= 15 is 0 Å². The van der Waals surface area contributed by atoms with E-state index in [1.807, 2.05) is 20.8 Å². The molecule has 1 aromatic rings. The fraction of sp³-hybridized carbons (Fsp3) is 0.538. The van der Waals surface area contributed by atoms with Crippen LogP contribution in [0, 0.1) is 4.91 Å². The Morgan fingerprint density at radius 2 is 2.10 bits per heavy atom. The summed E-state index contributed by atoms with van der Waals surface area (Å²) in [5, 5.41) is 2.71. The molecule has 1 aliphatic heterocycles. The average Bonchev–Trinajstić information content (AvgIpc) is 2.31. The van der Waals surface area contributed by atoms with Gasteiger partial charge in [-0.1, -0.05) is 0 Å². The zero-order chi connectivity index (χ0) is 14.8. The van der Waals surface area contributed by atoms with E-state index in [1.165, 1.54) is 12.3 Å². The first-order chi connectivity index (χ1) is 9.37. The van der Waals surface area contributed by atoms with Gasteiger partial charge in [0.2, 0.25) is 0 Å². The highest BCUT2D eigenvalue weighted by molar-refractivity contribution is 5.69. The lowest BCUT2D eigenvalue weighted by Crippen LogP contribution is -2.57.